The standard InChI is InChI=1S/C16H25FN2O2/c1-5-15(17)10-12(2)14(4)18-11-16(21)19-13(3)8-6-7-9-20/h5,9-10,13,18H,1,6-8,11H2,2-4H3,(H,19,21)/b14-12+,15-10+. The van der Waals surface area contributed by atoms with E-state index in [4.69, 9.17) is 0 Å². The fourth-order valence-corrected chi connectivity index (χ4v) is 1.63. The minimum absolute atomic E-state index is 0.0303. The van der Waals surface area contributed by atoms with Crippen LogP contribution in [0.1, 0.15) is 40.0 Å². The van der Waals surface area contributed by atoms with Gasteiger partial charge in [0, 0.05) is 18.2 Å². The lowest BCUT2D eigenvalue weighted by Crippen LogP contribution is -2.38. The van der Waals surface area contributed by atoms with Gasteiger partial charge in [-0.05, 0) is 51.3 Å². The molecular formula is C16H25FN2O2. The monoisotopic (exact) mass is 296 g/mol. The first-order valence-electron chi connectivity index (χ1n) is 7.04. The zero-order valence-electron chi connectivity index (χ0n) is 13.0. The van der Waals surface area contributed by atoms with Gasteiger partial charge >= 0.3 is 0 Å². The smallest absolute Gasteiger partial charge is 0.239 e. The van der Waals surface area contributed by atoms with E-state index in [0.29, 0.717) is 12.0 Å². The van der Waals surface area contributed by atoms with Gasteiger partial charge in [-0.3, -0.25) is 4.79 Å². The number of rotatable bonds is 10. The van der Waals surface area contributed by atoms with Crippen molar-refractivity contribution < 1.29 is 14.0 Å². The van der Waals surface area contributed by atoms with E-state index in [9.17, 15) is 14.0 Å². The normalized spacial score (nSPS) is 14.0. The highest BCUT2D eigenvalue weighted by Crippen LogP contribution is 2.07. The molecule has 0 heterocycles. The highest BCUT2D eigenvalue weighted by molar-refractivity contribution is 5.78. The van der Waals surface area contributed by atoms with E-state index in [0.717, 1.165) is 30.9 Å². The largest absolute Gasteiger partial charge is 0.380 e. The lowest BCUT2D eigenvalue weighted by Gasteiger charge is -2.14. The molecule has 118 valence electrons. The van der Waals surface area contributed by atoms with Crippen LogP contribution in [0.5, 0.6) is 0 Å². The van der Waals surface area contributed by atoms with Crippen LogP contribution < -0.4 is 10.6 Å². The second kappa shape index (κ2) is 10.8. The molecule has 1 amide bonds. The lowest BCUT2D eigenvalue weighted by molar-refractivity contribution is -0.120. The van der Waals surface area contributed by atoms with Crippen LogP contribution >= 0.6 is 0 Å². The zero-order chi connectivity index (χ0) is 16.3. The molecule has 21 heavy (non-hydrogen) atoms. The molecule has 5 heteroatoms. The van der Waals surface area contributed by atoms with Crippen molar-refractivity contribution in [2.45, 2.75) is 46.1 Å². The minimum Gasteiger partial charge on any atom is -0.380 e. The van der Waals surface area contributed by atoms with Gasteiger partial charge in [0.2, 0.25) is 5.91 Å². The molecule has 0 saturated heterocycles. The summed E-state index contributed by atoms with van der Waals surface area (Å²) in [5.41, 5.74) is 1.44. The predicted octanol–water partition coefficient (Wildman–Crippen LogP) is 2.78. The molecule has 1 atom stereocenters. The Hall–Kier alpha value is -1.91. The molecule has 0 rings (SSSR count). The lowest BCUT2D eigenvalue weighted by atomic mass is 10.1. The van der Waals surface area contributed by atoms with Crippen LogP contribution in [0.15, 0.2) is 35.8 Å². The highest BCUT2D eigenvalue weighted by Gasteiger charge is 2.07. The summed E-state index contributed by atoms with van der Waals surface area (Å²) in [4.78, 5) is 21.9. The van der Waals surface area contributed by atoms with E-state index >= 15 is 0 Å². The average molecular weight is 296 g/mol. The molecule has 0 fully saturated rings. The van der Waals surface area contributed by atoms with Crippen LogP contribution in [0.2, 0.25) is 0 Å². The first kappa shape index (κ1) is 19.1. The fourth-order valence-electron chi connectivity index (χ4n) is 1.63. The molecule has 0 aromatic carbocycles. The topological polar surface area (TPSA) is 58.2 Å². The molecule has 1 unspecified atom stereocenters. The zero-order valence-corrected chi connectivity index (χ0v) is 13.0. The van der Waals surface area contributed by atoms with Gasteiger partial charge in [0.25, 0.3) is 0 Å². The van der Waals surface area contributed by atoms with E-state index in [-0.39, 0.29) is 18.5 Å². The summed E-state index contributed by atoms with van der Waals surface area (Å²) >= 11 is 0. The Morgan fingerprint density at radius 1 is 1.38 bits per heavy atom. The van der Waals surface area contributed by atoms with E-state index in [2.05, 4.69) is 17.2 Å². The summed E-state index contributed by atoms with van der Waals surface area (Å²) in [6.45, 7) is 8.91. The molecule has 0 aliphatic carbocycles. The number of allylic oxidation sites excluding steroid dienone is 5. The third-order valence-corrected chi connectivity index (χ3v) is 3.02. The fraction of sp³-hybridized carbons (Fsp3) is 0.500. The number of amides is 1. The van der Waals surface area contributed by atoms with Crippen LogP contribution in [0.3, 0.4) is 0 Å². The quantitative estimate of drug-likeness (QED) is 0.370. The van der Waals surface area contributed by atoms with Crippen molar-refractivity contribution >= 4 is 12.2 Å². The molecule has 4 nitrogen and oxygen atoms in total. The van der Waals surface area contributed by atoms with Gasteiger partial charge < -0.3 is 15.4 Å². The molecular weight excluding hydrogens is 271 g/mol. The Kier molecular flexibility index (Phi) is 9.84. The Balaban J connectivity index is 4.20. The second-order valence-electron chi connectivity index (χ2n) is 4.96. The number of halogens is 1. The third-order valence-electron chi connectivity index (χ3n) is 3.02. The van der Waals surface area contributed by atoms with Gasteiger partial charge in [-0.2, -0.15) is 0 Å². The summed E-state index contributed by atoms with van der Waals surface area (Å²) in [6.07, 6.45) is 5.41. The van der Waals surface area contributed by atoms with Crippen molar-refractivity contribution in [2.24, 2.45) is 0 Å². The first-order valence-corrected chi connectivity index (χ1v) is 7.04. The third kappa shape index (κ3) is 9.60. The molecule has 0 aromatic rings. The average Bonchev–Trinajstić information content (AvgIpc) is 2.44. The number of unbranched alkanes of at least 4 members (excludes halogenated alkanes) is 1. The van der Waals surface area contributed by atoms with Gasteiger partial charge in [0.1, 0.15) is 12.1 Å². The van der Waals surface area contributed by atoms with Crippen LogP contribution in [0, 0.1) is 0 Å². The molecule has 0 aromatic heterocycles. The van der Waals surface area contributed by atoms with Crippen molar-refractivity contribution in [3.8, 4) is 0 Å². The maximum atomic E-state index is 13.0. The molecule has 2 N–H and O–H groups in total. The van der Waals surface area contributed by atoms with E-state index in [1.165, 1.54) is 6.08 Å². The van der Waals surface area contributed by atoms with Crippen LogP contribution in [-0.2, 0) is 9.59 Å². The summed E-state index contributed by atoms with van der Waals surface area (Å²) in [5, 5.41) is 5.79. The number of hydrogen-bond donors (Lipinski definition) is 2. The molecule has 0 bridgehead atoms. The Morgan fingerprint density at radius 3 is 2.62 bits per heavy atom. The van der Waals surface area contributed by atoms with Gasteiger partial charge in [-0.1, -0.05) is 6.58 Å². The number of aldehydes is 1. The number of carbonyl (C=O) groups is 2. The number of carbonyl (C=O) groups excluding carboxylic acids is 2. The number of nitrogens with one attached hydrogen (secondary N) is 2. The SMILES string of the molecule is C=C/C(F)=C\C(C)=C(/C)NCC(=O)NC(C)CCCC=O. The van der Waals surface area contributed by atoms with Crippen LogP contribution in [-0.4, -0.2) is 24.8 Å². The Morgan fingerprint density at radius 2 is 2.05 bits per heavy atom. The van der Waals surface area contributed by atoms with E-state index < -0.39 is 5.83 Å². The maximum Gasteiger partial charge on any atom is 0.239 e. The van der Waals surface area contributed by atoms with Gasteiger partial charge in [0.05, 0.1) is 6.54 Å². The summed E-state index contributed by atoms with van der Waals surface area (Å²) < 4.78 is 13.0. The second-order valence-corrected chi connectivity index (χ2v) is 4.96. The van der Waals surface area contributed by atoms with Crippen molar-refractivity contribution in [1.82, 2.24) is 10.6 Å². The van der Waals surface area contributed by atoms with Crippen molar-refractivity contribution in [1.29, 1.82) is 0 Å². The molecule has 0 saturated carbocycles. The van der Waals surface area contributed by atoms with Gasteiger partial charge in [-0.15, -0.1) is 0 Å². The highest BCUT2D eigenvalue weighted by atomic mass is 19.1. The van der Waals surface area contributed by atoms with Gasteiger partial charge in [-0.25, -0.2) is 4.39 Å². The summed E-state index contributed by atoms with van der Waals surface area (Å²) in [5.74, 6) is -0.546. The Labute approximate surface area is 126 Å². The number of hydrogen-bond acceptors (Lipinski definition) is 3. The van der Waals surface area contributed by atoms with Crippen LogP contribution in [0.4, 0.5) is 4.39 Å². The molecule has 0 aliphatic heterocycles. The summed E-state index contributed by atoms with van der Waals surface area (Å²) in [7, 11) is 0. The molecule has 0 aliphatic rings. The molecule has 0 radical (unpaired) electrons. The van der Waals surface area contributed by atoms with Crippen molar-refractivity contribution in [2.75, 3.05) is 6.54 Å². The predicted molar refractivity (Wildman–Crippen MR) is 83.3 cm³/mol. The minimum atomic E-state index is -0.415. The van der Waals surface area contributed by atoms with Gasteiger partial charge in [0.15, 0.2) is 0 Å². The summed E-state index contributed by atoms with van der Waals surface area (Å²) in [6, 6.07) is 0.0303. The van der Waals surface area contributed by atoms with E-state index in [1.807, 2.05) is 6.92 Å². The maximum absolute atomic E-state index is 13.0. The molecule has 0 spiro atoms. The Bertz CT molecular complexity index is 428. The van der Waals surface area contributed by atoms with Crippen LogP contribution in [0.25, 0.3) is 0 Å². The van der Waals surface area contributed by atoms with Crippen molar-refractivity contribution in [3.63, 3.8) is 0 Å². The van der Waals surface area contributed by atoms with Crippen molar-refractivity contribution in [3.05, 3.63) is 35.8 Å². The first-order chi connectivity index (χ1) is 9.90. The van der Waals surface area contributed by atoms with E-state index in [1.54, 1.807) is 13.8 Å².